The van der Waals surface area contributed by atoms with E-state index < -0.39 is 10.9 Å². The fourth-order valence-corrected chi connectivity index (χ4v) is 1.84. The van der Waals surface area contributed by atoms with E-state index in [0.717, 1.165) is 6.08 Å². The number of nitrogens with zero attached hydrogens (tertiary/aromatic N) is 1. The Kier molecular flexibility index (Phi) is 4.57. The van der Waals surface area contributed by atoms with Gasteiger partial charge in [-0.1, -0.05) is 0 Å². The number of nitro benzene ring substituents is 1. The lowest BCUT2D eigenvalue weighted by atomic mass is 10.1. The predicted octanol–water partition coefficient (Wildman–Crippen LogP) is 3.35. The van der Waals surface area contributed by atoms with Crippen molar-refractivity contribution in [3.8, 4) is 17.1 Å². The van der Waals surface area contributed by atoms with Crippen LogP contribution in [-0.2, 0) is 4.79 Å². The Balaban J connectivity index is 2.39. The Bertz CT molecular complexity index is 731. The molecule has 1 aromatic carbocycles. The zero-order valence-electron chi connectivity index (χ0n) is 11.7. The molecular formula is C15H13NO6. The number of hydrogen-bond donors (Lipinski definition) is 1. The Labute approximate surface area is 125 Å². The van der Waals surface area contributed by atoms with Crippen LogP contribution in [0.1, 0.15) is 12.7 Å². The number of nitro groups is 1. The van der Waals surface area contributed by atoms with Crippen LogP contribution in [0.5, 0.6) is 5.75 Å². The van der Waals surface area contributed by atoms with Crippen LogP contribution in [0.4, 0.5) is 5.69 Å². The number of ether oxygens (including phenoxy) is 1. The number of aliphatic carboxylic acids is 1. The standard InChI is InChI=1S/C15H13NO6/c1-2-21-14-9-10(16(19)20)3-6-12(14)13-7-4-11(22-13)5-8-15(17)18/h3-9H,2H2,1H3,(H,17,18)/b8-5+. The van der Waals surface area contributed by atoms with E-state index in [1.807, 2.05) is 0 Å². The molecule has 0 spiro atoms. The van der Waals surface area contributed by atoms with Crippen molar-refractivity contribution in [2.75, 3.05) is 6.61 Å². The molecular weight excluding hydrogens is 290 g/mol. The summed E-state index contributed by atoms with van der Waals surface area (Å²) in [7, 11) is 0. The van der Waals surface area contributed by atoms with Crippen LogP contribution in [0.3, 0.4) is 0 Å². The second kappa shape index (κ2) is 6.57. The average Bonchev–Trinajstić information content (AvgIpc) is 2.94. The number of non-ortho nitro benzene ring substituents is 1. The van der Waals surface area contributed by atoms with Gasteiger partial charge in [0.1, 0.15) is 17.3 Å². The minimum Gasteiger partial charge on any atom is -0.493 e. The third-order valence-electron chi connectivity index (χ3n) is 2.76. The summed E-state index contributed by atoms with van der Waals surface area (Å²) in [6.07, 6.45) is 2.28. The number of carboxylic acid groups (broad SMARTS) is 1. The highest BCUT2D eigenvalue weighted by Gasteiger charge is 2.15. The Morgan fingerprint density at radius 1 is 1.41 bits per heavy atom. The number of rotatable bonds is 6. The van der Waals surface area contributed by atoms with Gasteiger partial charge in [0.25, 0.3) is 5.69 Å². The maximum atomic E-state index is 10.8. The van der Waals surface area contributed by atoms with Gasteiger partial charge < -0.3 is 14.3 Å². The van der Waals surface area contributed by atoms with E-state index in [1.54, 1.807) is 19.1 Å². The largest absolute Gasteiger partial charge is 0.493 e. The molecule has 114 valence electrons. The van der Waals surface area contributed by atoms with Crippen molar-refractivity contribution < 1.29 is 24.0 Å². The van der Waals surface area contributed by atoms with Gasteiger partial charge in [0.2, 0.25) is 0 Å². The van der Waals surface area contributed by atoms with Crippen molar-refractivity contribution in [3.63, 3.8) is 0 Å². The molecule has 0 saturated carbocycles. The summed E-state index contributed by atoms with van der Waals surface area (Å²) in [4.78, 5) is 20.8. The fourth-order valence-electron chi connectivity index (χ4n) is 1.84. The molecule has 22 heavy (non-hydrogen) atoms. The molecule has 0 bridgehead atoms. The normalized spacial score (nSPS) is 10.8. The molecule has 0 saturated heterocycles. The van der Waals surface area contributed by atoms with Crippen molar-refractivity contribution in [1.82, 2.24) is 0 Å². The number of hydrogen-bond acceptors (Lipinski definition) is 5. The first-order valence-electron chi connectivity index (χ1n) is 6.43. The molecule has 7 nitrogen and oxygen atoms in total. The van der Waals surface area contributed by atoms with Gasteiger partial charge in [-0.15, -0.1) is 0 Å². The Hall–Kier alpha value is -3.09. The second-order valence-corrected chi connectivity index (χ2v) is 4.24. The summed E-state index contributed by atoms with van der Waals surface area (Å²) in [5, 5.41) is 19.4. The monoisotopic (exact) mass is 303 g/mol. The second-order valence-electron chi connectivity index (χ2n) is 4.24. The number of carboxylic acids is 1. The molecule has 1 heterocycles. The topological polar surface area (TPSA) is 103 Å². The highest BCUT2D eigenvalue weighted by Crippen LogP contribution is 2.34. The van der Waals surface area contributed by atoms with Crippen LogP contribution in [0, 0.1) is 10.1 Å². The van der Waals surface area contributed by atoms with Crippen LogP contribution >= 0.6 is 0 Å². The smallest absolute Gasteiger partial charge is 0.328 e. The third kappa shape index (κ3) is 3.51. The summed E-state index contributed by atoms with van der Waals surface area (Å²) >= 11 is 0. The van der Waals surface area contributed by atoms with E-state index in [1.165, 1.54) is 24.3 Å². The molecule has 0 aliphatic rings. The first-order valence-corrected chi connectivity index (χ1v) is 6.43. The zero-order chi connectivity index (χ0) is 16.1. The Morgan fingerprint density at radius 2 is 2.18 bits per heavy atom. The third-order valence-corrected chi connectivity index (χ3v) is 2.76. The summed E-state index contributed by atoms with van der Waals surface area (Å²) < 4.78 is 10.9. The molecule has 7 heteroatoms. The van der Waals surface area contributed by atoms with Gasteiger partial charge >= 0.3 is 5.97 Å². The van der Waals surface area contributed by atoms with Crippen LogP contribution in [-0.4, -0.2) is 22.6 Å². The lowest BCUT2D eigenvalue weighted by molar-refractivity contribution is -0.384. The minimum absolute atomic E-state index is 0.0789. The first kappa shape index (κ1) is 15.3. The van der Waals surface area contributed by atoms with Crippen LogP contribution < -0.4 is 4.74 Å². The molecule has 1 N–H and O–H groups in total. The molecule has 0 radical (unpaired) electrons. The summed E-state index contributed by atoms with van der Waals surface area (Å²) in [5.74, 6) is 0.0460. The molecule has 1 aromatic heterocycles. The highest BCUT2D eigenvalue weighted by atomic mass is 16.6. The van der Waals surface area contributed by atoms with Gasteiger partial charge in [-0.25, -0.2) is 4.79 Å². The summed E-state index contributed by atoms with van der Waals surface area (Å²) in [6, 6.07) is 7.46. The molecule has 0 amide bonds. The highest BCUT2D eigenvalue weighted by molar-refractivity contribution is 5.85. The van der Waals surface area contributed by atoms with Gasteiger partial charge in [0, 0.05) is 12.1 Å². The van der Waals surface area contributed by atoms with Crippen LogP contribution in [0.2, 0.25) is 0 Å². The predicted molar refractivity (Wildman–Crippen MR) is 78.6 cm³/mol. The van der Waals surface area contributed by atoms with Gasteiger partial charge in [0.05, 0.1) is 23.2 Å². The lowest BCUT2D eigenvalue weighted by Gasteiger charge is -2.07. The maximum Gasteiger partial charge on any atom is 0.328 e. The first-order chi connectivity index (χ1) is 10.5. The number of carbonyl (C=O) groups is 1. The van der Waals surface area contributed by atoms with Crippen molar-refractivity contribution in [3.05, 3.63) is 52.3 Å². The molecule has 2 rings (SSSR count). The summed E-state index contributed by atoms with van der Waals surface area (Å²) in [6.45, 7) is 2.12. The molecule has 2 aromatic rings. The molecule has 0 aliphatic carbocycles. The Morgan fingerprint density at radius 3 is 2.82 bits per heavy atom. The SMILES string of the molecule is CCOc1cc([N+](=O)[O-])ccc1-c1ccc(/C=C/C(=O)O)o1. The van der Waals surface area contributed by atoms with Crippen LogP contribution in [0.15, 0.2) is 40.8 Å². The summed E-state index contributed by atoms with van der Waals surface area (Å²) in [5.41, 5.74) is 0.479. The van der Waals surface area contributed by atoms with Crippen molar-refractivity contribution in [2.24, 2.45) is 0 Å². The van der Waals surface area contributed by atoms with Crippen LogP contribution in [0.25, 0.3) is 17.4 Å². The van der Waals surface area contributed by atoms with E-state index in [4.69, 9.17) is 14.3 Å². The van der Waals surface area contributed by atoms with Gasteiger partial charge in [0.15, 0.2) is 0 Å². The van der Waals surface area contributed by atoms with Crippen molar-refractivity contribution >= 4 is 17.7 Å². The molecule has 0 atom stereocenters. The molecule has 0 unspecified atom stereocenters. The van der Waals surface area contributed by atoms with E-state index in [0.29, 0.717) is 29.4 Å². The molecule has 0 fully saturated rings. The maximum absolute atomic E-state index is 10.8. The van der Waals surface area contributed by atoms with Gasteiger partial charge in [-0.2, -0.15) is 0 Å². The average molecular weight is 303 g/mol. The fraction of sp³-hybridized carbons (Fsp3) is 0.133. The zero-order valence-corrected chi connectivity index (χ0v) is 11.7. The van der Waals surface area contributed by atoms with E-state index in [-0.39, 0.29) is 5.69 Å². The van der Waals surface area contributed by atoms with E-state index in [9.17, 15) is 14.9 Å². The van der Waals surface area contributed by atoms with Crippen molar-refractivity contribution in [1.29, 1.82) is 0 Å². The van der Waals surface area contributed by atoms with Gasteiger partial charge in [-0.3, -0.25) is 10.1 Å². The number of benzene rings is 1. The minimum atomic E-state index is -1.08. The van der Waals surface area contributed by atoms with E-state index >= 15 is 0 Å². The number of furan rings is 1. The van der Waals surface area contributed by atoms with Gasteiger partial charge in [-0.05, 0) is 31.2 Å². The van der Waals surface area contributed by atoms with E-state index in [2.05, 4.69) is 0 Å². The van der Waals surface area contributed by atoms with Crippen molar-refractivity contribution in [2.45, 2.75) is 6.92 Å². The lowest BCUT2D eigenvalue weighted by Crippen LogP contribution is -1.96. The molecule has 0 aliphatic heterocycles. The quantitative estimate of drug-likeness (QED) is 0.498.